The van der Waals surface area contributed by atoms with Gasteiger partial charge >= 0.3 is 0 Å². The summed E-state index contributed by atoms with van der Waals surface area (Å²) in [6.45, 7) is 2.10. The molecule has 0 unspecified atom stereocenters. The van der Waals surface area contributed by atoms with Crippen molar-refractivity contribution in [2.45, 2.75) is 26.2 Å². The molecule has 1 aliphatic carbocycles. The highest BCUT2D eigenvalue weighted by molar-refractivity contribution is 6.12. The Kier molecular flexibility index (Phi) is 3.07. The summed E-state index contributed by atoms with van der Waals surface area (Å²) in [5, 5.41) is 2.27. The van der Waals surface area contributed by atoms with Crippen molar-refractivity contribution in [3.05, 3.63) is 71.3 Å². The van der Waals surface area contributed by atoms with Gasteiger partial charge in [0.05, 0.1) is 0 Å². The number of Topliss-reactive ketones (excluding diaryl/α,β-unsaturated/α-hetero) is 1. The van der Waals surface area contributed by atoms with Crippen LogP contribution in [-0.2, 0) is 6.42 Å². The lowest BCUT2D eigenvalue weighted by Crippen LogP contribution is -2.12. The topological polar surface area (TPSA) is 17.1 Å². The van der Waals surface area contributed by atoms with Crippen molar-refractivity contribution in [2.24, 2.45) is 0 Å². The first kappa shape index (κ1) is 13.3. The summed E-state index contributed by atoms with van der Waals surface area (Å²) in [7, 11) is 0. The van der Waals surface area contributed by atoms with Crippen LogP contribution in [0.15, 0.2) is 54.6 Å². The number of rotatable bonds is 1. The molecule has 0 aliphatic heterocycles. The van der Waals surface area contributed by atoms with Gasteiger partial charge in [-0.05, 0) is 53.3 Å². The van der Waals surface area contributed by atoms with Gasteiger partial charge in [0.25, 0.3) is 0 Å². The van der Waals surface area contributed by atoms with E-state index in [-0.39, 0.29) is 0 Å². The zero-order chi connectivity index (χ0) is 15.1. The lowest BCUT2D eigenvalue weighted by molar-refractivity contribution is 0.0974. The summed E-state index contributed by atoms with van der Waals surface area (Å²) in [5.41, 5.74) is 5.89. The Bertz CT molecular complexity index is 872. The Labute approximate surface area is 130 Å². The van der Waals surface area contributed by atoms with E-state index >= 15 is 0 Å². The van der Waals surface area contributed by atoms with E-state index in [0.717, 1.165) is 29.2 Å². The van der Waals surface area contributed by atoms with Crippen molar-refractivity contribution in [1.82, 2.24) is 0 Å². The van der Waals surface area contributed by atoms with Crippen molar-refractivity contribution in [1.29, 1.82) is 0 Å². The number of ketones is 1. The second-order valence-electron chi connectivity index (χ2n) is 6.14. The van der Waals surface area contributed by atoms with E-state index in [1.54, 1.807) is 0 Å². The van der Waals surface area contributed by atoms with E-state index in [2.05, 4.69) is 49.4 Å². The quantitative estimate of drug-likeness (QED) is 0.590. The minimum atomic E-state index is 0.298. The molecule has 3 aromatic rings. The summed E-state index contributed by atoms with van der Waals surface area (Å²) < 4.78 is 0. The van der Waals surface area contributed by atoms with E-state index < -0.39 is 0 Å². The maximum absolute atomic E-state index is 12.5. The Balaban J connectivity index is 2.07. The second kappa shape index (κ2) is 5.10. The van der Waals surface area contributed by atoms with Crippen LogP contribution in [0.4, 0.5) is 0 Å². The fourth-order valence-electron chi connectivity index (χ4n) is 3.51. The Morgan fingerprint density at radius 3 is 2.50 bits per heavy atom. The average Bonchev–Trinajstić information content (AvgIpc) is 2.55. The molecule has 0 amide bonds. The molecule has 0 heterocycles. The number of benzene rings is 3. The van der Waals surface area contributed by atoms with Crippen molar-refractivity contribution >= 4 is 16.6 Å². The van der Waals surface area contributed by atoms with Crippen LogP contribution in [0.25, 0.3) is 21.9 Å². The molecule has 0 saturated heterocycles. The summed E-state index contributed by atoms with van der Waals surface area (Å²) in [5.74, 6) is 0.298. The molecule has 0 fully saturated rings. The lowest BCUT2D eigenvalue weighted by atomic mass is 9.82. The fraction of sp³-hybridized carbons (Fsp3) is 0.190. The predicted molar refractivity (Wildman–Crippen MR) is 91.4 cm³/mol. The van der Waals surface area contributed by atoms with Crippen molar-refractivity contribution in [3.63, 3.8) is 0 Å². The minimum absolute atomic E-state index is 0.298. The van der Waals surface area contributed by atoms with Crippen molar-refractivity contribution < 1.29 is 4.79 Å². The molecule has 0 bridgehead atoms. The van der Waals surface area contributed by atoms with E-state index in [0.29, 0.717) is 12.2 Å². The predicted octanol–water partition coefficient (Wildman–Crippen LogP) is 5.33. The van der Waals surface area contributed by atoms with Crippen LogP contribution in [0.3, 0.4) is 0 Å². The molecule has 4 rings (SSSR count). The first-order chi connectivity index (χ1) is 10.7. The molecule has 0 atom stereocenters. The summed E-state index contributed by atoms with van der Waals surface area (Å²) in [6.07, 6.45) is 2.63. The standard InChI is InChI=1S/C21H18O/c1-14-9-11-15(12-10-14)19-13-16-5-2-3-6-17(16)21-18(19)7-4-8-20(21)22/h2-3,5-6,9-13H,4,7-8H2,1H3. The smallest absolute Gasteiger partial charge is 0.163 e. The van der Waals surface area contributed by atoms with Crippen LogP contribution in [-0.4, -0.2) is 5.78 Å². The van der Waals surface area contributed by atoms with Crippen LogP contribution >= 0.6 is 0 Å². The third kappa shape index (κ3) is 2.05. The van der Waals surface area contributed by atoms with E-state index in [9.17, 15) is 4.79 Å². The maximum atomic E-state index is 12.5. The highest BCUT2D eigenvalue weighted by atomic mass is 16.1. The molecular weight excluding hydrogens is 268 g/mol. The third-order valence-electron chi connectivity index (χ3n) is 4.63. The first-order valence-electron chi connectivity index (χ1n) is 7.89. The Morgan fingerprint density at radius 1 is 0.909 bits per heavy atom. The molecule has 0 spiro atoms. The van der Waals surface area contributed by atoms with Gasteiger partial charge in [-0.3, -0.25) is 4.79 Å². The largest absolute Gasteiger partial charge is 0.294 e. The highest BCUT2D eigenvalue weighted by Gasteiger charge is 2.23. The normalized spacial score (nSPS) is 14.1. The van der Waals surface area contributed by atoms with Crippen LogP contribution in [0.1, 0.15) is 34.3 Å². The number of carbonyl (C=O) groups excluding carboxylic acids is 1. The monoisotopic (exact) mass is 286 g/mol. The summed E-state index contributed by atoms with van der Waals surface area (Å²) >= 11 is 0. The summed E-state index contributed by atoms with van der Waals surface area (Å²) in [4.78, 5) is 12.5. The number of carbonyl (C=O) groups is 1. The number of hydrogen-bond acceptors (Lipinski definition) is 1. The van der Waals surface area contributed by atoms with E-state index in [1.165, 1.54) is 22.3 Å². The van der Waals surface area contributed by atoms with Gasteiger partial charge in [-0.25, -0.2) is 0 Å². The molecule has 108 valence electrons. The molecule has 1 heteroatoms. The van der Waals surface area contributed by atoms with E-state index in [4.69, 9.17) is 0 Å². The zero-order valence-corrected chi connectivity index (χ0v) is 12.7. The van der Waals surface area contributed by atoms with Gasteiger partial charge in [0.15, 0.2) is 5.78 Å². The zero-order valence-electron chi connectivity index (χ0n) is 12.7. The molecule has 3 aromatic carbocycles. The van der Waals surface area contributed by atoms with Gasteiger partial charge < -0.3 is 0 Å². The number of fused-ring (bicyclic) bond motifs is 3. The van der Waals surface area contributed by atoms with E-state index in [1.807, 2.05) is 12.1 Å². The third-order valence-corrected chi connectivity index (χ3v) is 4.63. The molecule has 22 heavy (non-hydrogen) atoms. The Hall–Kier alpha value is -2.41. The molecule has 0 saturated carbocycles. The maximum Gasteiger partial charge on any atom is 0.163 e. The van der Waals surface area contributed by atoms with Crippen molar-refractivity contribution in [2.75, 3.05) is 0 Å². The molecular formula is C21H18O. The van der Waals surface area contributed by atoms with Gasteiger partial charge in [0, 0.05) is 12.0 Å². The minimum Gasteiger partial charge on any atom is -0.294 e. The molecule has 0 aromatic heterocycles. The Morgan fingerprint density at radius 2 is 1.68 bits per heavy atom. The fourth-order valence-corrected chi connectivity index (χ4v) is 3.51. The first-order valence-corrected chi connectivity index (χ1v) is 7.89. The van der Waals surface area contributed by atoms with Crippen LogP contribution in [0, 0.1) is 6.92 Å². The average molecular weight is 286 g/mol. The SMILES string of the molecule is Cc1ccc(-c2cc3ccccc3c3c2CCCC3=O)cc1. The number of aryl methyl sites for hydroxylation is 1. The molecule has 0 radical (unpaired) electrons. The van der Waals surface area contributed by atoms with Gasteiger partial charge in [0.2, 0.25) is 0 Å². The molecule has 1 aliphatic rings. The van der Waals surface area contributed by atoms with Crippen LogP contribution in [0.5, 0.6) is 0 Å². The van der Waals surface area contributed by atoms with Crippen molar-refractivity contribution in [3.8, 4) is 11.1 Å². The van der Waals surface area contributed by atoms with Gasteiger partial charge in [-0.1, -0.05) is 54.1 Å². The van der Waals surface area contributed by atoms with Crippen LogP contribution < -0.4 is 0 Å². The summed E-state index contributed by atoms with van der Waals surface area (Å²) in [6, 6.07) is 19.1. The molecule has 1 nitrogen and oxygen atoms in total. The van der Waals surface area contributed by atoms with Gasteiger partial charge in [-0.15, -0.1) is 0 Å². The van der Waals surface area contributed by atoms with Gasteiger partial charge in [-0.2, -0.15) is 0 Å². The highest BCUT2D eigenvalue weighted by Crippen LogP contribution is 2.37. The lowest BCUT2D eigenvalue weighted by Gasteiger charge is -2.21. The second-order valence-corrected chi connectivity index (χ2v) is 6.14. The number of hydrogen-bond donors (Lipinski definition) is 0. The van der Waals surface area contributed by atoms with Gasteiger partial charge in [0.1, 0.15) is 0 Å². The van der Waals surface area contributed by atoms with Crippen LogP contribution in [0.2, 0.25) is 0 Å². The molecule has 0 N–H and O–H groups in total.